The maximum atomic E-state index is 10.5. The van der Waals surface area contributed by atoms with Crippen molar-refractivity contribution in [2.24, 2.45) is 0 Å². The van der Waals surface area contributed by atoms with E-state index in [1.165, 1.54) is 10.2 Å². The molecule has 78 valence electrons. The molecule has 0 N–H and O–H groups in total. The van der Waals surface area contributed by atoms with Gasteiger partial charge in [0.2, 0.25) is 0 Å². The van der Waals surface area contributed by atoms with Crippen LogP contribution in [-0.2, 0) is 0 Å². The normalized spacial score (nSPS) is 16.1. The van der Waals surface area contributed by atoms with Gasteiger partial charge in [0.1, 0.15) is 6.29 Å². The van der Waals surface area contributed by atoms with E-state index in [0.717, 1.165) is 31.4 Å². The molecule has 0 fully saturated rings. The van der Waals surface area contributed by atoms with Crippen molar-refractivity contribution in [3.63, 3.8) is 0 Å². The minimum atomic E-state index is 0.727. The number of hydrogen-bond donors (Lipinski definition) is 0. The van der Waals surface area contributed by atoms with Crippen LogP contribution in [0.5, 0.6) is 0 Å². The van der Waals surface area contributed by atoms with E-state index in [4.69, 9.17) is 0 Å². The zero-order valence-corrected chi connectivity index (χ0v) is 9.90. The van der Waals surface area contributed by atoms with Gasteiger partial charge >= 0.3 is 0 Å². The van der Waals surface area contributed by atoms with Crippen molar-refractivity contribution >= 4 is 27.9 Å². The summed E-state index contributed by atoms with van der Waals surface area (Å²) in [6, 6.07) is 7.70. The molecular formula is C12H12BrNO. The molecule has 0 amide bonds. The average molecular weight is 266 g/mol. The van der Waals surface area contributed by atoms with Gasteiger partial charge in [0, 0.05) is 28.8 Å². The first-order valence-corrected chi connectivity index (χ1v) is 5.73. The Kier molecular flexibility index (Phi) is 3.21. The van der Waals surface area contributed by atoms with E-state index in [1.807, 2.05) is 24.3 Å². The summed E-state index contributed by atoms with van der Waals surface area (Å²) < 4.78 is 1.23. The lowest BCUT2D eigenvalue weighted by atomic mass is 10.2. The van der Waals surface area contributed by atoms with Gasteiger partial charge < -0.3 is 4.90 Å². The van der Waals surface area contributed by atoms with E-state index >= 15 is 0 Å². The van der Waals surface area contributed by atoms with Crippen LogP contribution in [0.25, 0.3) is 0 Å². The number of carbonyl (C=O) groups is 1. The van der Waals surface area contributed by atoms with Gasteiger partial charge in [-0.25, -0.2) is 0 Å². The molecule has 0 bridgehead atoms. The summed E-state index contributed by atoms with van der Waals surface area (Å²) in [5.74, 6) is 0. The Balaban J connectivity index is 2.15. The van der Waals surface area contributed by atoms with E-state index in [9.17, 15) is 4.79 Å². The van der Waals surface area contributed by atoms with Crippen LogP contribution in [0.2, 0.25) is 0 Å². The van der Waals surface area contributed by atoms with Gasteiger partial charge in [0.15, 0.2) is 0 Å². The van der Waals surface area contributed by atoms with Crippen molar-refractivity contribution in [1.29, 1.82) is 0 Å². The van der Waals surface area contributed by atoms with E-state index in [1.54, 1.807) is 0 Å². The van der Waals surface area contributed by atoms with Gasteiger partial charge in [-0.1, -0.05) is 22.0 Å². The first-order chi connectivity index (χ1) is 7.29. The van der Waals surface area contributed by atoms with Crippen LogP contribution in [0.1, 0.15) is 16.8 Å². The molecule has 0 atom stereocenters. The van der Waals surface area contributed by atoms with Crippen LogP contribution in [0, 0.1) is 0 Å². The van der Waals surface area contributed by atoms with E-state index in [2.05, 4.69) is 26.9 Å². The molecule has 0 unspecified atom stereocenters. The lowest BCUT2D eigenvalue weighted by Crippen LogP contribution is -2.28. The molecule has 3 heteroatoms. The number of hydrogen-bond acceptors (Lipinski definition) is 2. The van der Waals surface area contributed by atoms with Crippen molar-refractivity contribution in [2.45, 2.75) is 6.42 Å². The number of halogens is 1. The van der Waals surface area contributed by atoms with Crippen LogP contribution < -0.4 is 4.90 Å². The molecule has 0 radical (unpaired) electrons. The van der Waals surface area contributed by atoms with E-state index < -0.39 is 0 Å². The minimum Gasteiger partial charge on any atom is -0.366 e. The number of benzene rings is 1. The Morgan fingerprint density at radius 1 is 1.27 bits per heavy atom. The van der Waals surface area contributed by atoms with Crippen molar-refractivity contribution < 1.29 is 4.79 Å². The second-order valence-electron chi connectivity index (χ2n) is 3.57. The van der Waals surface area contributed by atoms with Crippen molar-refractivity contribution in [3.8, 4) is 0 Å². The van der Waals surface area contributed by atoms with Gasteiger partial charge in [-0.15, -0.1) is 0 Å². The molecule has 1 aliphatic rings. The summed E-state index contributed by atoms with van der Waals surface area (Å²) in [4.78, 5) is 12.8. The Morgan fingerprint density at radius 2 is 2.00 bits per heavy atom. The molecule has 1 heterocycles. The third-order valence-electron chi connectivity index (χ3n) is 2.50. The minimum absolute atomic E-state index is 0.727. The molecule has 0 aliphatic carbocycles. The van der Waals surface area contributed by atoms with Crippen LogP contribution >= 0.6 is 15.9 Å². The van der Waals surface area contributed by atoms with Gasteiger partial charge in [-0.3, -0.25) is 4.79 Å². The maximum Gasteiger partial charge on any atom is 0.150 e. The molecule has 0 saturated carbocycles. The Morgan fingerprint density at radius 3 is 2.60 bits per heavy atom. The highest BCUT2D eigenvalue weighted by atomic mass is 79.9. The smallest absolute Gasteiger partial charge is 0.150 e. The molecule has 15 heavy (non-hydrogen) atoms. The largest absolute Gasteiger partial charge is 0.366 e. The quantitative estimate of drug-likeness (QED) is 0.767. The predicted molar refractivity (Wildman–Crippen MR) is 65.7 cm³/mol. The fourth-order valence-electron chi connectivity index (χ4n) is 1.69. The fourth-order valence-corrected chi connectivity index (χ4v) is 2.22. The second kappa shape index (κ2) is 4.62. The number of anilines is 1. The Bertz CT molecular complexity index is 383. The number of nitrogens with zero attached hydrogens (tertiary/aromatic N) is 1. The number of aldehydes is 1. The average Bonchev–Trinajstić information content (AvgIpc) is 2.29. The van der Waals surface area contributed by atoms with Crippen LogP contribution in [0.15, 0.2) is 34.8 Å². The molecule has 2 nitrogen and oxygen atoms in total. The molecule has 1 aliphatic heterocycles. The molecule has 0 saturated heterocycles. The summed E-state index contributed by atoms with van der Waals surface area (Å²) in [7, 11) is 0. The lowest BCUT2D eigenvalue weighted by molar-refractivity contribution is 0.112. The first kappa shape index (κ1) is 10.4. The molecule has 0 aromatic heterocycles. The summed E-state index contributed by atoms with van der Waals surface area (Å²) in [5, 5.41) is 0. The second-order valence-corrected chi connectivity index (χ2v) is 4.59. The first-order valence-electron chi connectivity index (χ1n) is 4.94. The Hall–Kier alpha value is -1.09. The van der Waals surface area contributed by atoms with Crippen molar-refractivity contribution in [1.82, 2.24) is 0 Å². The zero-order valence-electron chi connectivity index (χ0n) is 8.32. The zero-order chi connectivity index (χ0) is 10.7. The van der Waals surface area contributed by atoms with E-state index in [0.29, 0.717) is 0 Å². The van der Waals surface area contributed by atoms with E-state index in [-0.39, 0.29) is 0 Å². The summed E-state index contributed by atoms with van der Waals surface area (Å²) in [6.07, 6.45) is 4.14. The number of carbonyl (C=O) groups excluding carboxylic acids is 1. The standard InChI is InChI=1S/C12H12BrNO/c13-11-2-1-7-14(8-11)12-5-3-10(9-15)4-6-12/h2-6,9H,1,7-8H2. The summed E-state index contributed by atoms with van der Waals surface area (Å²) in [6.45, 7) is 1.95. The predicted octanol–water partition coefficient (Wildman–Crippen LogP) is 2.99. The molecular weight excluding hydrogens is 254 g/mol. The van der Waals surface area contributed by atoms with Crippen molar-refractivity contribution in [3.05, 3.63) is 40.4 Å². The number of rotatable bonds is 2. The molecule has 1 aromatic carbocycles. The van der Waals surface area contributed by atoms with Gasteiger partial charge in [-0.05, 0) is 30.7 Å². The highest BCUT2D eigenvalue weighted by Gasteiger charge is 2.10. The SMILES string of the molecule is O=Cc1ccc(N2CCC=C(Br)C2)cc1. The van der Waals surface area contributed by atoms with Crippen molar-refractivity contribution in [2.75, 3.05) is 18.0 Å². The third kappa shape index (κ3) is 2.48. The fraction of sp³-hybridized carbons (Fsp3) is 0.250. The van der Waals surface area contributed by atoms with Crippen LogP contribution in [0.3, 0.4) is 0 Å². The monoisotopic (exact) mass is 265 g/mol. The van der Waals surface area contributed by atoms with Crippen LogP contribution in [-0.4, -0.2) is 19.4 Å². The van der Waals surface area contributed by atoms with Crippen LogP contribution in [0.4, 0.5) is 5.69 Å². The lowest BCUT2D eigenvalue weighted by Gasteiger charge is -2.27. The topological polar surface area (TPSA) is 20.3 Å². The third-order valence-corrected chi connectivity index (χ3v) is 3.08. The van der Waals surface area contributed by atoms with Gasteiger partial charge in [0.05, 0.1) is 0 Å². The summed E-state index contributed by atoms with van der Waals surface area (Å²) >= 11 is 3.52. The Labute approximate surface area is 97.7 Å². The molecule has 0 spiro atoms. The van der Waals surface area contributed by atoms with Gasteiger partial charge in [-0.2, -0.15) is 0 Å². The maximum absolute atomic E-state index is 10.5. The van der Waals surface area contributed by atoms with Gasteiger partial charge in [0.25, 0.3) is 0 Å². The molecule has 2 rings (SSSR count). The highest BCUT2D eigenvalue weighted by molar-refractivity contribution is 9.11. The highest BCUT2D eigenvalue weighted by Crippen LogP contribution is 2.22. The summed E-state index contributed by atoms with van der Waals surface area (Å²) in [5.41, 5.74) is 1.90. The molecule has 1 aromatic rings.